The van der Waals surface area contributed by atoms with Crippen LogP contribution in [0.2, 0.25) is 0 Å². The molecule has 0 aromatic carbocycles. The van der Waals surface area contributed by atoms with E-state index in [-0.39, 0.29) is 37.6 Å². The third-order valence-electron chi connectivity index (χ3n) is 10.9. The molecule has 4 aliphatic rings. The van der Waals surface area contributed by atoms with Crippen molar-refractivity contribution in [1.29, 1.82) is 0 Å². The molecule has 4 bridgehead atoms. The van der Waals surface area contributed by atoms with Gasteiger partial charge in [0, 0.05) is 18.8 Å². The molecule has 1 N–H and O–H groups in total. The molecule has 4 rings (SSSR count). The fourth-order valence-corrected chi connectivity index (χ4v) is 8.20. The van der Waals surface area contributed by atoms with Gasteiger partial charge < -0.3 is 43.2 Å². The van der Waals surface area contributed by atoms with E-state index in [1.165, 1.54) is 6.92 Å². The van der Waals surface area contributed by atoms with Crippen LogP contribution >= 0.6 is 0 Å². The molecule has 4 fully saturated rings. The van der Waals surface area contributed by atoms with Crippen LogP contribution in [0.1, 0.15) is 81.6 Å². The maximum Gasteiger partial charge on any atom is 0.311 e. The monoisotopic (exact) mass is 667 g/mol. The minimum absolute atomic E-state index is 0.111. The molecular weight excluding hydrogens is 610 g/mol. The van der Waals surface area contributed by atoms with E-state index in [1.54, 1.807) is 20.8 Å². The number of carbonyl (C=O) groups is 3. The van der Waals surface area contributed by atoms with Gasteiger partial charge in [-0.25, -0.2) is 0 Å². The van der Waals surface area contributed by atoms with Crippen LogP contribution in [0, 0.1) is 23.7 Å². The molecule has 0 saturated carbocycles. The highest BCUT2D eigenvalue weighted by Gasteiger charge is 2.65. The molecular formula is C35H57NO11. The number of likely N-dealkylation sites (N-methyl/N-ethyl adjacent to an activating group) is 1. The first-order chi connectivity index (χ1) is 21.8. The second-order valence-corrected chi connectivity index (χ2v) is 15.0. The molecule has 14 atom stereocenters. The number of rotatable bonds is 5. The van der Waals surface area contributed by atoms with Crippen LogP contribution < -0.4 is 0 Å². The lowest BCUT2D eigenvalue weighted by Crippen LogP contribution is -2.61. The average Bonchev–Trinajstić information content (AvgIpc) is 3.19. The number of nitrogens with zero attached hydrogens (tertiary/aromatic N) is 1. The number of carbonyl (C=O) groups excluding carboxylic acids is 3. The molecule has 0 aliphatic carbocycles. The first-order valence-corrected chi connectivity index (χ1v) is 17.0. The highest BCUT2D eigenvalue weighted by Crippen LogP contribution is 2.49. The van der Waals surface area contributed by atoms with E-state index in [4.69, 9.17) is 33.2 Å². The quantitative estimate of drug-likeness (QED) is 0.340. The Labute approximate surface area is 279 Å². The highest BCUT2D eigenvalue weighted by molar-refractivity contribution is 5.92. The van der Waals surface area contributed by atoms with Crippen LogP contribution in [0.25, 0.3) is 0 Å². The lowest BCUT2D eigenvalue weighted by Gasteiger charge is -2.49. The third-order valence-corrected chi connectivity index (χ3v) is 10.9. The van der Waals surface area contributed by atoms with Gasteiger partial charge in [-0.3, -0.25) is 14.4 Å². The van der Waals surface area contributed by atoms with Crippen molar-refractivity contribution < 1.29 is 52.6 Å². The van der Waals surface area contributed by atoms with E-state index in [0.717, 1.165) is 0 Å². The topological polar surface area (TPSA) is 139 Å². The molecule has 3 unspecified atom stereocenters. The molecule has 4 aliphatic heterocycles. The van der Waals surface area contributed by atoms with Gasteiger partial charge in [-0.1, -0.05) is 34.3 Å². The molecule has 268 valence electrons. The van der Waals surface area contributed by atoms with Crippen LogP contribution in [0.3, 0.4) is 0 Å². The Balaban J connectivity index is 1.89. The van der Waals surface area contributed by atoms with Crippen molar-refractivity contribution in [2.24, 2.45) is 23.7 Å². The summed E-state index contributed by atoms with van der Waals surface area (Å²) in [7, 11) is 3.83. The fraction of sp³-hybridized carbons (Fsp3) is 0.857. The normalized spacial score (nSPS) is 46.8. The number of ketones is 1. The minimum Gasteiger partial charge on any atom is -0.459 e. The van der Waals surface area contributed by atoms with Gasteiger partial charge in [0.25, 0.3) is 0 Å². The van der Waals surface area contributed by atoms with Crippen LogP contribution in [-0.2, 0) is 47.5 Å². The lowest BCUT2D eigenvalue weighted by molar-refractivity contribution is -0.311. The highest BCUT2D eigenvalue weighted by atomic mass is 16.7. The summed E-state index contributed by atoms with van der Waals surface area (Å²) in [6, 6.07) is -0.205. The van der Waals surface area contributed by atoms with Crippen molar-refractivity contribution in [2.45, 2.75) is 141 Å². The van der Waals surface area contributed by atoms with E-state index >= 15 is 0 Å². The summed E-state index contributed by atoms with van der Waals surface area (Å²) in [4.78, 5) is 42.1. The molecule has 4 heterocycles. The number of esters is 2. The molecule has 0 aromatic heterocycles. The van der Waals surface area contributed by atoms with Gasteiger partial charge in [-0.05, 0) is 66.6 Å². The Morgan fingerprint density at radius 1 is 1.11 bits per heavy atom. The number of cyclic esters (lactones) is 1. The summed E-state index contributed by atoms with van der Waals surface area (Å²) in [6.45, 7) is 20.1. The van der Waals surface area contributed by atoms with Crippen molar-refractivity contribution in [1.82, 2.24) is 4.90 Å². The van der Waals surface area contributed by atoms with Gasteiger partial charge in [0.1, 0.15) is 6.10 Å². The predicted molar refractivity (Wildman–Crippen MR) is 171 cm³/mol. The van der Waals surface area contributed by atoms with Crippen molar-refractivity contribution in [3.8, 4) is 0 Å². The maximum atomic E-state index is 13.9. The van der Waals surface area contributed by atoms with Crippen LogP contribution in [0.15, 0.2) is 12.2 Å². The summed E-state index contributed by atoms with van der Waals surface area (Å²) < 4.78 is 44.7. The van der Waals surface area contributed by atoms with Crippen LogP contribution in [-0.4, -0.2) is 115 Å². The summed E-state index contributed by atoms with van der Waals surface area (Å²) in [5, 5.41) is 12.2. The number of fused-ring (bicyclic) bond motifs is 5. The van der Waals surface area contributed by atoms with Gasteiger partial charge in [0.15, 0.2) is 29.6 Å². The first kappa shape index (κ1) is 37.9. The van der Waals surface area contributed by atoms with E-state index in [0.29, 0.717) is 18.4 Å². The fourth-order valence-electron chi connectivity index (χ4n) is 8.20. The van der Waals surface area contributed by atoms with E-state index in [9.17, 15) is 19.5 Å². The van der Waals surface area contributed by atoms with Crippen LogP contribution in [0.4, 0.5) is 0 Å². The molecule has 12 nitrogen and oxygen atoms in total. The Kier molecular flexibility index (Phi) is 11.4. The van der Waals surface area contributed by atoms with Crippen molar-refractivity contribution in [2.75, 3.05) is 27.3 Å². The Bertz CT molecular complexity index is 1190. The zero-order valence-corrected chi connectivity index (χ0v) is 30.1. The SMILES string of the molecule is C=C1CO[C@H]2[C@@H](C)[C@@H](O[C@@H]3O[C@H](C)C[C@H](N(C)C)[C@H]3OC(C)=O)[C@@](C)(C[C@@H](C)C3(O)OC(C)(C(=O)C3C)[C@@H](CC)OC(=O)[C@@H]2C)OC1. The predicted octanol–water partition coefficient (Wildman–Crippen LogP) is 3.42. The largest absolute Gasteiger partial charge is 0.459 e. The number of hydrogen-bond acceptors (Lipinski definition) is 12. The maximum absolute atomic E-state index is 13.9. The Morgan fingerprint density at radius 2 is 1.77 bits per heavy atom. The molecule has 47 heavy (non-hydrogen) atoms. The van der Waals surface area contributed by atoms with Crippen LogP contribution in [0.5, 0.6) is 0 Å². The number of ether oxygens (including phenoxy) is 7. The van der Waals surface area contributed by atoms with Crippen molar-refractivity contribution in [3.63, 3.8) is 0 Å². The van der Waals surface area contributed by atoms with E-state index in [1.807, 2.05) is 53.6 Å². The summed E-state index contributed by atoms with van der Waals surface area (Å²) in [5.41, 5.74) is -2.08. The molecule has 0 aromatic rings. The third kappa shape index (κ3) is 7.20. The van der Waals surface area contributed by atoms with E-state index < -0.39 is 83.3 Å². The van der Waals surface area contributed by atoms with Crippen molar-refractivity contribution >= 4 is 17.7 Å². The van der Waals surface area contributed by atoms with Gasteiger partial charge in [-0.15, -0.1) is 0 Å². The summed E-state index contributed by atoms with van der Waals surface area (Å²) in [5.74, 6) is -6.17. The lowest BCUT2D eigenvalue weighted by atomic mass is 9.74. The standard InChI is InChI=1S/C35H57NO11/c1-13-26-34(10)29(38)23(7)35(40,47-34)19(3)15-33(9)30(21(5)27(22(6)31(39)45-26)41-16-18(2)17-42-33)46-32-28(44-24(8)37)25(36(11)12)14-20(4)43-32/h19-23,25-28,30,32,40H,2,13-17H2,1,3-12H3/t19-,20-,21-,22-,23?,25+,26-,27+,28-,30-,32+,33-,34?,35?/m1/s1. The summed E-state index contributed by atoms with van der Waals surface area (Å²) in [6.07, 6.45) is -3.42. The Hall–Kier alpha value is -1.93. The Morgan fingerprint density at radius 3 is 2.36 bits per heavy atom. The molecule has 0 spiro atoms. The van der Waals surface area contributed by atoms with Gasteiger partial charge in [0.05, 0.1) is 55.0 Å². The smallest absolute Gasteiger partial charge is 0.311 e. The van der Waals surface area contributed by atoms with Gasteiger partial charge >= 0.3 is 11.9 Å². The second-order valence-electron chi connectivity index (χ2n) is 15.0. The van der Waals surface area contributed by atoms with Gasteiger partial charge in [0.2, 0.25) is 0 Å². The van der Waals surface area contributed by atoms with E-state index in [2.05, 4.69) is 6.58 Å². The zero-order valence-electron chi connectivity index (χ0n) is 30.1. The molecule has 0 radical (unpaired) electrons. The number of hydrogen-bond donors (Lipinski definition) is 1. The number of aliphatic hydroxyl groups is 1. The number of Topliss-reactive ketones (excluding diaryl/α,β-unsaturated/α-hetero) is 1. The molecule has 4 saturated heterocycles. The molecule has 12 heteroatoms. The van der Waals surface area contributed by atoms with Gasteiger partial charge in [-0.2, -0.15) is 0 Å². The summed E-state index contributed by atoms with van der Waals surface area (Å²) >= 11 is 0. The average molecular weight is 668 g/mol. The van der Waals surface area contributed by atoms with Crippen molar-refractivity contribution in [3.05, 3.63) is 12.2 Å². The first-order valence-electron chi connectivity index (χ1n) is 17.0. The minimum atomic E-state index is -1.90. The molecule has 0 amide bonds. The second kappa shape index (κ2) is 14.1. The zero-order chi connectivity index (χ0) is 35.2.